The molecule has 0 saturated heterocycles. The topological polar surface area (TPSA) is 41.1 Å². The molecule has 22 heavy (non-hydrogen) atoms. The third-order valence-corrected chi connectivity index (χ3v) is 3.35. The number of amides is 1. The van der Waals surface area contributed by atoms with Crippen LogP contribution in [0.25, 0.3) is 10.8 Å². The molecule has 110 valence electrons. The predicted molar refractivity (Wildman–Crippen MR) is 87.5 cm³/mol. The highest BCUT2D eigenvalue weighted by atomic mass is 19.1. The number of halogens is 1. The summed E-state index contributed by atoms with van der Waals surface area (Å²) in [5.41, 5.74) is 1.04. The summed E-state index contributed by atoms with van der Waals surface area (Å²) in [6.45, 7) is 0.00770. The highest BCUT2D eigenvalue weighted by Gasteiger charge is 2.05. The first kappa shape index (κ1) is 14.1. The molecule has 3 nitrogen and oxygen atoms in total. The first-order chi connectivity index (χ1) is 10.7. The van der Waals surface area contributed by atoms with Crippen LogP contribution in [0.15, 0.2) is 66.7 Å². The molecule has 0 unspecified atom stereocenters. The van der Waals surface area contributed by atoms with Crippen molar-refractivity contribution >= 4 is 28.1 Å². The molecular weight excluding hydrogens is 279 g/mol. The molecule has 2 N–H and O–H groups in total. The summed E-state index contributed by atoms with van der Waals surface area (Å²) in [5.74, 6) is -0.598. The average molecular weight is 294 g/mol. The number of rotatable bonds is 4. The molecule has 3 rings (SSSR count). The second kappa shape index (κ2) is 6.26. The van der Waals surface area contributed by atoms with E-state index in [1.165, 1.54) is 6.07 Å². The molecule has 0 aliphatic rings. The van der Waals surface area contributed by atoms with Crippen molar-refractivity contribution in [3.8, 4) is 0 Å². The summed E-state index contributed by atoms with van der Waals surface area (Å²) in [4.78, 5) is 11.9. The maximum atomic E-state index is 13.4. The molecule has 0 aliphatic heterocycles. The average Bonchev–Trinajstić information content (AvgIpc) is 2.54. The Hall–Kier alpha value is -2.88. The van der Waals surface area contributed by atoms with Crippen LogP contribution in [0.3, 0.4) is 0 Å². The minimum atomic E-state index is -0.374. The highest BCUT2D eigenvalue weighted by Crippen LogP contribution is 2.19. The monoisotopic (exact) mass is 294 g/mol. The van der Waals surface area contributed by atoms with Gasteiger partial charge in [-0.25, -0.2) is 4.39 Å². The molecule has 1 amide bonds. The van der Waals surface area contributed by atoms with Gasteiger partial charge in [0.05, 0.1) is 12.2 Å². The molecule has 4 heteroatoms. The van der Waals surface area contributed by atoms with Crippen molar-refractivity contribution in [3.63, 3.8) is 0 Å². The van der Waals surface area contributed by atoms with Crippen LogP contribution in [0, 0.1) is 5.82 Å². The van der Waals surface area contributed by atoms with E-state index in [-0.39, 0.29) is 18.3 Å². The van der Waals surface area contributed by atoms with Gasteiger partial charge in [0.1, 0.15) is 5.82 Å². The van der Waals surface area contributed by atoms with E-state index in [1.807, 2.05) is 42.5 Å². The van der Waals surface area contributed by atoms with Crippen LogP contribution < -0.4 is 10.6 Å². The number of benzene rings is 3. The summed E-state index contributed by atoms with van der Waals surface area (Å²) >= 11 is 0. The Morgan fingerprint density at radius 2 is 1.64 bits per heavy atom. The van der Waals surface area contributed by atoms with Crippen molar-refractivity contribution in [1.29, 1.82) is 0 Å². The molecule has 0 heterocycles. The molecule has 3 aromatic rings. The fraction of sp³-hybridized carbons (Fsp3) is 0.0556. The molecule has 0 fully saturated rings. The highest BCUT2D eigenvalue weighted by molar-refractivity contribution is 5.96. The van der Waals surface area contributed by atoms with Gasteiger partial charge in [0.2, 0.25) is 5.91 Å². The second-order valence-corrected chi connectivity index (χ2v) is 4.94. The Bertz CT molecular complexity index is 817. The molecule has 3 aromatic carbocycles. The first-order valence-electron chi connectivity index (χ1n) is 6.99. The number of hydrogen-bond donors (Lipinski definition) is 2. The van der Waals surface area contributed by atoms with Gasteiger partial charge in [-0.05, 0) is 35.0 Å². The van der Waals surface area contributed by atoms with Gasteiger partial charge in [-0.2, -0.15) is 0 Å². The number of fused-ring (bicyclic) bond motifs is 1. The van der Waals surface area contributed by atoms with Crippen LogP contribution in [0.4, 0.5) is 15.8 Å². The fourth-order valence-electron chi connectivity index (χ4n) is 2.25. The lowest BCUT2D eigenvalue weighted by molar-refractivity contribution is -0.114. The third kappa shape index (κ3) is 3.23. The Morgan fingerprint density at radius 1 is 0.909 bits per heavy atom. The Labute approximate surface area is 127 Å². The minimum Gasteiger partial charge on any atom is -0.374 e. The summed E-state index contributed by atoms with van der Waals surface area (Å²) < 4.78 is 13.4. The van der Waals surface area contributed by atoms with E-state index in [2.05, 4.69) is 10.6 Å². The van der Waals surface area contributed by atoms with Crippen LogP contribution in [-0.4, -0.2) is 12.5 Å². The first-order valence-corrected chi connectivity index (χ1v) is 6.99. The van der Waals surface area contributed by atoms with E-state index >= 15 is 0 Å². The number of para-hydroxylation sites is 1. The second-order valence-electron chi connectivity index (χ2n) is 4.94. The van der Waals surface area contributed by atoms with E-state index in [0.29, 0.717) is 5.69 Å². The number of nitrogens with one attached hydrogen (secondary N) is 2. The van der Waals surface area contributed by atoms with Gasteiger partial charge in [-0.15, -0.1) is 0 Å². The maximum Gasteiger partial charge on any atom is 0.243 e. The summed E-state index contributed by atoms with van der Waals surface area (Å²) in [6.07, 6.45) is 0. The third-order valence-electron chi connectivity index (χ3n) is 3.35. The maximum absolute atomic E-state index is 13.4. The van der Waals surface area contributed by atoms with Crippen LogP contribution in [-0.2, 0) is 4.79 Å². The van der Waals surface area contributed by atoms with Gasteiger partial charge in [-0.3, -0.25) is 4.79 Å². The van der Waals surface area contributed by atoms with Crippen molar-refractivity contribution in [2.45, 2.75) is 0 Å². The number of carbonyl (C=O) groups is 1. The Kier molecular flexibility index (Phi) is 4.01. The van der Waals surface area contributed by atoms with Crippen molar-refractivity contribution in [2.75, 3.05) is 17.2 Å². The normalized spacial score (nSPS) is 10.4. The zero-order chi connectivity index (χ0) is 15.4. The molecular formula is C18H15FN2O. The van der Waals surface area contributed by atoms with Crippen molar-refractivity contribution in [1.82, 2.24) is 0 Å². The van der Waals surface area contributed by atoms with E-state index in [0.717, 1.165) is 16.5 Å². The van der Waals surface area contributed by atoms with E-state index < -0.39 is 0 Å². The van der Waals surface area contributed by atoms with Crippen molar-refractivity contribution in [2.24, 2.45) is 0 Å². The lowest BCUT2D eigenvalue weighted by Crippen LogP contribution is -2.22. The van der Waals surface area contributed by atoms with Crippen molar-refractivity contribution in [3.05, 3.63) is 72.5 Å². The molecule has 0 saturated carbocycles. The van der Waals surface area contributed by atoms with E-state index in [4.69, 9.17) is 0 Å². The SMILES string of the molecule is O=C(CNc1ccccc1F)Nc1ccc2ccccc2c1. The van der Waals surface area contributed by atoms with E-state index in [1.54, 1.807) is 18.2 Å². The largest absolute Gasteiger partial charge is 0.374 e. The molecule has 0 aromatic heterocycles. The zero-order valence-corrected chi connectivity index (χ0v) is 11.8. The lowest BCUT2D eigenvalue weighted by Gasteiger charge is -2.09. The summed E-state index contributed by atoms with van der Waals surface area (Å²) in [7, 11) is 0. The minimum absolute atomic E-state index is 0.00770. The quantitative estimate of drug-likeness (QED) is 0.762. The number of hydrogen-bond acceptors (Lipinski definition) is 2. The van der Waals surface area contributed by atoms with Gasteiger partial charge >= 0.3 is 0 Å². The van der Waals surface area contributed by atoms with Gasteiger partial charge < -0.3 is 10.6 Å². The lowest BCUT2D eigenvalue weighted by atomic mass is 10.1. The Balaban J connectivity index is 1.64. The molecule has 0 atom stereocenters. The molecule has 0 spiro atoms. The number of carbonyl (C=O) groups excluding carboxylic acids is 1. The summed E-state index contributed by atoms with van der Waals surface area (Å²) in [6, 6.07) is 19.9. The van der Waals surface area contributed by atoms with Crippen LogP contribution in [0.1, 0.15) is 0 Å². The van der Waals surface area contributed by atoms with Gasteiger partial charge in [0.15, 0.2) is 0 Å². The molecule has 0 radical (unpaired) electrons. The smallest absolute Gasteiger partial charge is 0.243 e. The fourth-order valence-corrected chi connectivity index (χ4v) is 2.25. The predicted octanol–water partition coefficient (Wildman–Crippen LogP) is 4.03. The van der Waals surface area contributed by atoms with E-state index in [9.17, 15) is 9.18 Å². The van der Waals surface area contributed by atoms with Crippen LogP contribution in [0.5, 0.6) is 0 Å². The van der Waals surface area contributed by atoms with Crippen molar-refractivity contribution < 1.29 is 9.18 Å². The zero-order valence-electron chi connectivity index (χ0n) is 11.8. The van der Waals surface area contributed by atoms with Crippen LogP contribution >= 0.6 is 0 Å². The van der Waals surface area contributed by atoms with Crippen LogP contribution in [0.2, 0.25) is 0 Å². The standard InChI is InChI=1S/C18H15FN2O/c19-16-7-3-4-8-17(16)20-12-18(22)21-15-10-9-13-5-1-2-6-14(13)11-15/h1-11,20H,12H2,(H,21,22). The van der Waals surface area contributed by atoms with Gasteiger partial charge in [-0.1, -0.05) is 42.5 Å². The molecule has 0 bridgehead atoms. The van der Waals surface area contributed by atoms with Gasteiger partial charge in [0, 0.05) is 5.69 Å². The van der Waals surface area contributed by atoms with Gasteiger partial charge in [0.25, 0.3) is 0 Å². The molecule has 0 aliphatic carbocycles. The summed E-state index contributed by atoms with van der Waals surface area (Å²) in [5, 5.41) is 7.76. The number of anilines is 2. The Morgan fingerprint density at radius 3 is 2.45 bits per heavy atom.